The van der Waals surface area contributed by atoms with Crippen molar-refractivity contribution >= 4 is 85.4 Å². The SMILES string of the molecule is CC(OC(=O)c1sc2ccccc2c1Cl)C(=O)Nc1cc(Cl)c(Cl)cc1Cl. The zero-order chi connectivity index (χ0) is 19.7. The molecule has 9 heteroatoms. The summed E-state index contributed by atoms with van der Waals surface area (Å²) in [6, 6.07) is 10.2. The summed E-state index contributed by atoms with van der Waals surface area (Å²) in [5.41, 5.74) is 0.263. The Bertz CT molecular complexity index is 1050. The predicted octanol–water partition coefficient (Wildman–Crippen LogP) is 6.70. The predicted molar refractivity (Wildman–Crippen MR) is 112 cm³/mol. The number of rotatable bonds is 4. The molecule has 0 saturated carbocycles. The van der Waals surface area contributed by atoms with Crippen LogP contribution in [0.1, 0.15) is 16.6 Å². The molecule has 27 heavy (non-hydrogen) atoms. The van der Waals surface area contributed by atoms with Gasteiger partial charge in [-0.05, 0) is 25.1 Å². The van der Waals surface area contributed by atoms with Crippen molar-refractivity contribution in [3.05, 3.63) is 61.4 Å². The molecule has 1 aromatic heterocycles. The van der Waals surface area contributed by atoms with Gasteiger partial charge in [0.05, 0.1) is 25.8 Å². The molecule has 0 aliphatic rings. The van der Waals surface area contributed by atoms with Crippen LogP contribution in [0.5, 0.6) is 0 Å². The third-order valence-electron chi connectivity index (χ3n) is 3.64. The van der Waals surface area contributed by atoms with E-state index in [2.05, 4.69) is 5.32 Å². The first-order chi connectivity index (χ1) is 12.8. The van der Waals surface area contributed by atoms with Crippen LogP contribution < -0.4 is 5.32 Å². The van der Waals surface area contributed by atoms with Crippen LogP contribution in [0.3, 0.4) is 0 Å². The number of carbonyl (C=O) groups excluding carboxylic acids is 2. The molecule has 1 N–H and O–H groups in total. The molecular weight excluding hydrogens is 452 g/mol. The summed E-state index contributed by atoms with van der Waals surface area (Å²) in [5.74, 6) is -1.25. The van der Waals surface area contributed by atoms with Gasteiger partial charge in [0.15, 0.2) is 6.10 Å². The summed E-state index contributed by atoms with van der Waals surface area (Å²) in [6.07, 6.45) is -1.08. The number of hydrogen-bond donors (Lipinski definition) is 1. The summed E-state index contributed by atoms with van der Waals surface area (Å²) < 4.78 is 6.10. The van der Waals surface area contributed by atoms with Crippen molar-refractivity contribution in [3.63, 3.8) is 0 Å². The molecule has 0 radical (unpaired) electrons. The van der Waals surface area contributed by atoms with Gasteiger partial charge < -0.3 is 10.1 Å². The first-order valence-electron chi connectivity index (χ1n) is 7.61. The maximum absolute atomic E-state index is 12.4. The van der Waals surface area contributed by atoms with E-state index in [9.17, 15) is 9.59 Å². The van der Waals surface area contributed by atoms with Gasteiger partial charge in [-0.25, -0.2) is 4.79 Å². The number of esters is 1. The number of benzene rings is 2. The van der Waals surface area contributed by atoms with E-state index in [4.69, 9.17) is 51.1 Å². The van der Waals surface area contributed by atoms with Gasteiger partial charge in [0.1, 0.15) is 4.88 Å². The Morgan fingerprint density at radius 2 is 1.70 bits per heavy atom. The lowest BCUT2D eigenvalue weighted by Crippen LogP contribution is -2.30. The molecule has 1 amide bonds. The zero-order valence-corrected chi connectivity index (χ0v) is 17.5. The fourth-order valence-electron chi connectivity index (χ4n) is 2.27. The van der Waals surface area contributed by atoms with Crippen LogP contribution in [0.2, 0.25) is 20.1 Å². The van der Waals surface area contributed by atoms with E-state index in [-0.39, 0.29) is 25.6 Å². The fourth-order valence-corrected chi connectivity index (χ4v) is 4.25. The molecule has 3 aromatic rings. The van der Waals surface area contributed by atoms with Crippen LogP contribution >= 0.6 is 57.7 Å². The van der Waals surface area contributed by atoms with E-state index in [1.54, 1.807) is 0 Å². The number of amides is 1. The maximum Gasteiger partial charge on any atom is 0.350 e. The number of halogens is 4. The second-order valence-electron chi connectivity index (χ2n) is 5.52. The Morgan fingerprint density at radius 3 is 2.41 bits per heavy atom. The Hall–Kier alpha value is -1.50. The van der Waals surface area contributed by atoms with Gasteiger partial charge in [-0.2, -0.15) is 0 Å². The molecule has 0 aliphatic heterocycles. The first kappa shape index (κ1) is 20.2. The van der Waals surface area contributed by atoms with E-state index < -0.39 is 18.0 Å². The topological polar surface area (TPSA) is 55.4 Å². The minimum Gasteiger partial charge on any atom is -0.448 e. The molecule has 4 nitrogen and oxygen atoms in total. The lowest BCUT2D eigenvalue weighted by Gasteiger charge is -2.14. The highest BCUT2D eigenvalue weighted by Crippen LogP contribution is 2.36. The van der Waals surface area contributed by atoms with Crippen molar-refractivity contribution in [1.82, 2.24) is 0 Å². The Balaban J connectivity index is 1.73. The molecule has 3 rings (SSSR count). The minimum absolute atomic E-state index is 0.212. The standard InChI is InChI=1S/C18H11Cl4NO3S/c1-8(17(24)23-13-7-11(20)10(19)6-12(13)21)26-18(25)16-15(22)9-4-2-3-5-14(9)27-16/h2-8H,1H3,(H,23,24). The minimum atomic E-state index is -1.08. The first-order valence-corrected chi connectivity index (χ1v) is 9.94. The number of ether oxygens (including phenoxy) is 1. The second-order valence-corrected chi connectivity index (χ2v) is 8.18. The Kier molecular flexibility index (Phi) is 6.18. The lowest BCUT2D eigenvalue weighted by molar-refractivity contribution is -0.123. The molecule has 0 fully saturated rings. The number of nitrogens with one attached hydrogen (secondary N) is 1. The van der Waals surface area contributed by atoms with E-state index in [1.807, 2.05) is 24.3 Å². The lowest BCUT2D eigenvalue weighted by atomic mass is 10.2. The van der Waals surface area contributed by atoms with Gasteiger partial charge >= 0.3 is 5.97 Å². The van der Waals surface area contributed by atoms with Gasteiger partial charge in [-0.3, -0.25) is 4.79 Å². The van der Waals surface area contributed by atoms with Crippen LogP contribution in [-0.4, -0.2) is 18.0 Å². The van der Waals surface area contributed by atoms with Gasteiger partial charge in [0.2, 0.25) is 0 Å². The van der Waals surface area contributed by atoms with Crippen molar-refractivity contribution in [2.24, 2.45) is 0 Å². The highest BCUT2D eigenvalue weighted by molar-refractivity contribution is 7.21. The average Bonchev–Trinajstić information content (AvgIpc) is 2.97. The summed E-state index contributed by atoms with van der Waals surface area (Å²) in [5, 5.41) is 4.33. The number of anilines is 1. The normalized spacial score (nSPS) is 12.0. The van der Waals surface area contributed by atoms with E-state index >= 15 is 0 Å². The number of thiophene rings is 1. The van der Waals surface area contributed by atoms with Gasteiger partial charge in [0, 0.05) is 10.1 Å². The number of hydrogen-bond acceptors (Lipinski definition) is 4. The van der Waals surface area contributed by atoms with Crippen molar-refractivity contribution in [1.29, 1.82) is 0 Å². The van der Waals surface area contributed by atoms with Crippen LogP contribution in [-0.2, 0) is 9.53 Å². The van der Waals surface area contributed by atoms with E-state index in [0.717, 1.165) is 10.1 Å². The molecule has 2 aromatic carbocycles. The third-order valence-corrected chi connectivity index (χ3v) is 6.33. The zero-order valence-electron chi connectivity index (χ0n) is 13.7. The van der Waals surface area contributed by atoms with Crippen molar-refractivity contribution < 1.29 is 14.3 Å². The number of carbonyl (C=O) groups is 2. The quantitative estimate of drug-likeness (QED) is 0.346. The van der Waals surface area contributed by atoms with Crippen LogP contribution in [0.15, 0.2) is 36.4 Å². The average molecular weight is 463 g/mol. The summed E-state index contributed by atoms with van der Waals surface area (Å²) >= 11 is 25.3. The van der Waals surface area contributed by atoms with Crippen molar-refractivity contribution in [2.45, 2.75) is 13.0 Å². The largest absolute Gasteiger partial charge is 0.448 e. The van der Waals surface area contributed by atoms with Crippen molar-refractivity contribution in [2.75, 3.05) is 5.32 Å². The molecule has 0 aliphatic carbocycles. The number of fused-ring (bicyclic) bond motifs is 1. The second kappa shape index (κ2) is 8.25. The molecule has 0 saturated heterocycles. The molecule has 0 spiro atoms. The van der Waals surface area contributed by atoms with E-state index in [0.29, 0.717) is 5.02 Å². The third kappa shape index (κ3) is 4.33. The van der Waals surface area contributed by atoms with Gasteiger partial charge in [0.25, 0.3) is 5.91 Å². The molecular formula is C18H11Cl4NO3S. The summed E-state index contributed by atoms with van der Waals surface area (Å²) in [4.78, 5) is 25.0. The molecule has 1 atom stereocenters. The van der Waals surface area contributed by atoms with Crippen molar-refractivity contribution in [3.8, 4) is 0 Å². The Morgan fingerprint density at radius 1 is 1.04 bits per heavy atom. The summed E-state index contributed by atoms with van der Waals surface area (Å²) in [6.45, 7) is 1.44. The molecule has 140 valence electrons. The fraction of sp³-hybridized carbons (Fsp3) is 0.111. The Labute approximate surface area is 178 Å². The highest BCUT2D eigenvalue weighted by atomic mass is 35.5. The monoisotopic (exact) mass is 461 g/mol. The van der Waals surface area contributed by atoms with Gasteiger partial charge in [-0.15, -0.1) is 11.3 Å². The molecule has 1 heterocycles. The smallest absolute Gasteiger partial charge is 0.350 e. The summed E-state index contributed by atoms with van der Waals surface area (Å²) in [7, 11) is 0. The van der Waals surface area contributed by atoms with Crippen LogP contribution in [0.4, 0.5) is 5.69 Å². The van der Waals surface area contributed by atoms with Gasteiger partial charge in [-0.1, -0.05) is 64.6 Å². The van der Waals surface area contributed by atoms with Crippen LogP contribution in [0.25, 0.3) is 10.1 Å². The van der Waals surface area contributed by atoms with E-state index in [1.165, 1.54) is 30.4 Å². The molecule has 0 bridgehead atoms. The molecule has 1 unspecified atom stereocenters. The maximum atomic E-state index is 12.4. The van der Waals surface area contributed by atoms with Crippen LogP contribution in [0, 0.1) is 0 Å². The highest BCUT2D eigenvalue weighted by Gasteiger charge is 2.24.